The molecule has 0 aliphatic carbocycles. The van der Waals surface area contributed by atoms with Crippen LogP contribution in [0.3, 0.4) is 0 Å². The van der Waals surface area contributed by atoms with E-state index in [1.165, 1.54) is 0 Å². The lowest BCUT2D eigenvalue weighted by Gasteiger charge is -2.35. The molecular weight excluding hydrogens is 374 g/mol. The Hall–Kier alpha value is -2.92. The number of hydrogen-bond donors (Lipinski definition) is 1. The highest BCUT2D eigenvalue weighted by molar-refractivity contribution is 5.87. The van der Waals surface area contributed by atoms with Gasteiger partial charge in [0.1, 0.15) is 0 Å². The highest BCUT2D eigenvalue weighted by Crippen LogP contribution is 2.23. The quantitative estimate of drug-likeness (QED) is 0.724. The van der Waals surface area contributed by atoms with Gasteiger partial charge in [-0.05, 0) is 74.1 Å². The van der Waals surface area contributed by atoms with E-state index in [1.807, 2.05) is 67.4 Å². The van der Waals surface area contributed by atoms with Crippen molar-refractivity contribution in [2.45, 2.75) is 32.2 Å². The zero-order chi connectivity index (χ0) is 21.3. The van der Waals surface area contributed by atoms with Gasteiger partial charge in [0.25, 0.3) is 5.56 Å². The predicted octanol–water partition coefficient (Wildman–Crippen LogP) is 3.60. The molecule has 2 heterocycles. The van der Waals surface area contributed by atoms with Gasteiger partial charge in [-0.15, -0.1) is 0 Å². The van der Waals surface area contributed by atoms with E-state index in [4.69, 9.17) is 0 Å². The number of pyridine rings is 1. The first-order chi connectivity index (χ1) is 14.4. The number of carbonyl (C=O) groups is 1. The van der Waals surface area contributed by atoms with Crippen molar-refractivity contribution >= 4 is 16.7 Å². The van der Waals surface area contributed by atoms with E-state index in [2.05, 4.69) is 16.9 Å². The second-order valence-corrected chi connectivity index (χ2v) is 8.46. The molecule has 1 aliphatic rings. The lowest BCUT2D eigenvalue weighted by atomic mass is 10.0. The average molecular weight is 404 g/mol. The maximum atomic E-state index is 12.7. The van der Waals surface area contributed by atoms with Crippen molar-refractivity contribution in [3.8, 4) is 11.3 Å². The van der Waals surface area contributed by atoms with E-state index in [0.29, 0.717) is 17.8 Å². The van der Waals surface area contributed by atoms with E-state index in [1.54, 1.807) is 0 Å². The largest absolute Gasteiger partial charge is 0.342 e. The molecule has 1 amide bonds. The van der Waals surface area contributed by atoms with E-state index < -0.39 is 0 Å². The van der Waals surface area contributed by atoms with E-state index in [-0.39, 0.29) is 11.5 Å². The van der Waals surface area contributed by atoms with Crippen LogP contribution in [-0.2, 0) is 11.2 Å². The Morgan fingerprint density at radius 3 is 2.50 bits per heavy atom. The molecule has 1 N–H and O–H groups in total. The summed E-state index contributed by atoms with van der Waals surface area (Å²) in [5.41, 5.74) is 3.73. The van der Waals surface area contributed by atoms with Crippen LogP contribution in [0.25, 0.3) is 22.0 Å². The molecule has 1 fully saturated rings. The third-order valence-corrected chi connectivity index (χ3v) is 6.36. The number of carbonyl (C=O) groups excluding carboxylic acids is 1. The van der Waals surface area contributed by atoms with Gasteiger partial charge in [0.05, 0.1) is 6.42 Å². The number of piperidine rings is 1. The topological polar surface area (TPSA) is 56.4 Å². The van der Waals surface area contributed by atoms with Gasteiger partial charge in [0.2, 0.25) is 5.91 Å². The van der Waals surface area contributed by atoms with Crippen LogP contribution >= 0.6 is 0 Å². The van der Waals surface area contributed by atoms with Crippen molar-refractivity contribution in [1.29, 1.82) is 0 Å². The number of aryl methyl sites for hydroxylation is 1. The van der Waals surface area contributed by atoms with Crippen molar-refractivity contribution in [3.63, 3.8) is 0 Å². The van der Waals surface area contributed by atoms with Crippen LogP contribution in [0.2, 0.25) is 0 Å². The summed E-state index contributed by atoms with van der Waals surface area (Å²) < 4.78 is 0. The van der Waals surface area contributed by atoms with Crippen molar-refractivity contribution in [2.24, 2.45) is 0 Å². The highest BCUT2D eigenvalue weighted by atomic mass is 16.2. The number of fused-ring (bicyclic) bond motifs is 1. The maximum Gasteiger partial charge on any atom is 0.256 e. The minimum atomic E-state index is -0.0785. The molecule has 0 atom stereocenters. The molecule has 1 saturated heterocycles. The van der Waals surface area contributed by atoms with Crippen molar-refractivity contribution < 1.29 is 4.79 Å². The number of H-pyrrole nitrogens is 1. The molecule has 0 saturated carbocycles. The van der Waals surface area contributed by atoms with Gasteiger partial charge in [-0.2, -0.15) is 0 Å². The van der Waals surface area contributed by atoms with Crippen molar-refractivity contribution in [3.05, 3.63) is 70.0 Å². The van der Waals surface area contributed by atoms with Crippen LogP contribution in [0, 0.1) is 6.92 Å². The number of rotatable bonds is 4. The van der Waals surface area contributed by atoms with Gasteiger partial charge in [0, 0.05) is 24.2 Å². The minimum Gasteiger partial charge on any atom is -0.342 e. The molecule has 156 valence electrons. The molecule has 1 aromatic heterocycles. The molecule has 0 radical (unpaired) electrons. The predicted molar refractivity (Wildman–Crippen MR) is 122 cm³/mol. The number of likely N-dealkylation sites (tertiary alicyclic amines) is 1. The fourth-order valence-electron chi connectivity index (χ4n) is 4.28. The summed E-state index contributed by atoms with van der Waals surface area (Å²) in [6.07, 6.45) is 2.47. The average Bonchev–Trinajstić information content (AvgIpc) is 2.75. The van der Waals surface area contributed by atoms with Crippen molar-refractivity contribution in [2.75, 3.05) is 27.2 Å². The summed E-state index contributed by atoms with van der Waals surface area (Å²) in [6.45, 7) is 4.10. The summed E-state index contributed by atoms with van der Waals surface area (Å²) in [5.74, 6) is 0.159. The van der Waals surface area contributed by atoms with Gasteiger partial charge in [-0.1, -0.05) is 36.4 Å². The minimum absolute atomic E-state index is 0.0785. The second kappa shape index (κ2) is 8.44. The Kier molecular flexibility index (Phi) is 5.73. The lowest BCUT2D eigenvalue weighted by molar-refractivity contribution is -0.132. The van der Waals surface area contributed by atoms with Crippen LogP contribution in [0.5, 0.6) is 0 Å². The maximum absolute atomic E-state index is 12.7. The molecule has 3 aromatic rings. The van der Waals surface area contributed by atoms with E-state index in [0.717, 1.165) is 53.7 Å². The number of hydrogen-bond acceptors (Lipinski definition) is 3. The Labute approximate surface area is 177 Å². The number of nitrogens with one attached hydrogen (secondary N) is 1. The van der Waals surface area contributed by atoms with Gasteiger partial charge >= 0.3 is 0 Å². The number of aromatic nitrogens is 1. The van der Waals surface area contributed by atoms with Gasteiger partial charge in [0.15, 0.2) is 0 Å². The normalized spacial score (nSPS) is 15.4. The molecule has 1 aliphatic heterocycles. The first-order valence-electron chi connectivity index (χ1n) is 10.6. The highest BCUT2D eigenvalue weighted by Gasteiger charge is 2.23. The van der Waals surface area contributed by atoms with Crippen LogP contribution in [0.1, 0.15) is 24.0 Å². The fraction of sp³-hybridized carbons (Fsp3) is 0.360. The summed E-state index contributed by atoms with van der Waals surface area (Å²) >= 11 is 0. The first kappa shape index (κ1) is 20.4. The zero-order valence-electron chi connectivity index (χ0n) is 17.9. The molecular formula is C25H29N3O2. The van der Waals surface area contributed by atoms with Gasteiger partial charge in [-0.3, -0.25) is 9.59 Å². The molecule has 0 spiro atoms. The van der Waals surface area contributed by atoms with E-state index in [9.17, 15) is 9.59 Å². The molecule has 0 bridgehead atoms. The molecule has 4 rings (SSSR count). The van der Waals surface area contributed by atoms with Gasteiger partial charge < -0.3 is 14.8 Å². The van der Waals surface area contributed by atoms with Crippen LogP contribution in [-0.4, -0.2) is 53.9 Å². The second-order valence-electron chi connectivity index (χ2n) is 8.46. The smallest absolute Gasteiger partial charge is 0.256 e. The Morgan fingerprint density at radius 2 is 1.80 bits per heavy atom. The lowest BCUT2D eigenvalue weighted by Crippen LogP contribution is -2.44. The third kappa shape index (κ3) is 4.17. The summed E-state index contributed by atoms with van der Waals surface area (Å²) in [6, 6.07) is 16.1. The number of nitrogens with zero attached hydrogens (tertiary/aromatic N) is 2. The molecule has 0 unspecified atom stereocenters. The standard InChI is InChI=1S/C25H29N3O2/c1-17-5-4-6-21-22(17)16-23(26-25(21)30)19-9-7-18(8-10-19)15-24(29)28(3)20-11-13-27(2)14-12-20/h4-10,16,20H,11-15H2,1-3H3,(H,26,30). The molecule has 2 aromatic carbocycles. The number of likely N-dealkylation sites (N-methyl/N-ethyl adjacent to an activating group) is 1. The Bertz CT molecular complexity index is 1110. The number of amides is 1. The summed E-state index contributed by atoms with van der Waals surface area (Å²) in [4.78, 5) is 32.4. The fourth-order valence-corrected chi connectivity index (χ4v) is 4.28. The first-order valence-corrected chi connectivity index (χ1v) is 10.6. The van der Waals surface area contributed by atoms with Crippen LogP contribution in [0.15, 0.2) is 53.3 Å². The molecule has 30 heavy (non-hydrogen) atoms. The molecule has 5 heteroatoms. The SMILES string of the molecule is Cc1cccc2c(=O)[nH]c(-c3ccc(CC(=O)N(C)C4CCN(C)CC4)cc3)cc12. The van der Waals surface area contributed by atoms with E-state index >= 15 is 0 Å². The van der Waals surface area contributed by atoms with Crippen LogP contribution < -0.4 is 5.56 Å². The Balaban J connectivity index is 1.49. The molecule has 5 nitrogen and oxygen atoms in total. The van der Waals surface area contributed by atoms with Crippen LogP contribution in [0.4, 0.5) is 0 Å². The number of aromatic amines is 1. The van der Waals surface area contributed by atoms with Crippen molar-refractivity contribution in [1.82, 2.24) is 14.8 Å². The number of benzene rings is 2. The van der Waals surface area contributed by atoms with Gasteiger partial charge in [-0.25, -0.2) is 0 Å². The summed E-state index contributed by atoms with van der Waals surface area (Å²) in [7, 11) is 4.05. The Morgan fingerprint density at radius 1 is 1.10 bits per heavy atom. The zero-order valence-corrected chi connectivity index (χ0v) is 17.9. The monoisotopic (exact) mass is 403 g/mol. The third-order valence-electron chi connectivity index (χ3n) is 6.36. The summed E-state index contributed by atoms with van der Waals surface area (Å²) in [5, 5.41) is 1.67.